The average Bonchev–Trinajstić information content (AvgIpc) is 2.06. The van der Waals surface area contributed by atoms with Gasteiger partial charge in [-0.25, -0.2) is 0 Å². The van der Waals surface area contributed by atoms with E-state index < -0.39 is 0 Å². The minimum atomic E-state index is 0.759. The van der Waals surface area contributed by atoms with Crippen molar-refractivity contribution in [1.29, 1.82) is 0 Å². The van der Waals surface area contributed by atoms with E-state index in [9.17, 15) is 0 Å². The first-order valence-corrected chi connectivity index (χ1v) is 5.45. The minimum absolute atomic E-state index is 0.759. The van der Waals surface area contributed by atoms with Gasteiger partial charge in [-0.2, -0.15) is 0 Å². The summed E-state index contributed by atoms with van der Waals surface area (Å²) in [6.07, 6.45) is 2.97. The standard InChI is InChI=1S/C9H12NTe/c1-8(7-11)6-9-4-2-3-5-10-9/h2-5,8H,6-7H2,1H3. The van der Waals surface area contributed by atoms with Crippen LogP contribution in [0.5, 0.6) is 0 Å². The summed E-state index contributed by atoms with van der Waals surface area (Å²) >= 11 is 2.15. The van der Waals surface area contributed by atoms with Crippen LogP contribution in [0.3, 0.4) is 0 Å². The molecule has 0 aliphatic rings. The first-order valence-electron chi connectivity index (χ1n) is 3.81. The Labute approximate surface area is 81.1 Å². The van der Waals surface area contributed by atoms with Crippen molar-refractivity contribution in [1.82, 2.24) is 4.98 Å². The van der Waals surface area contributed by atoms with Gasteiger partial charge in [-0.3, -0.25) is 0 Å². The van der Waals surface area contributed by atoms with Gasteiger partial charge in [0.1, 0.15) is 0 Å². The SMILES string of the molecule is CC(C[Te])Cc1ccccn1. The van der Waals surface area contributed by atoms with Crippen LogP contribution in [0, 0.1) is 5.92 Å². The monoisotopic (exact) mass is 264 g/mol. The molecule has 0 fully saturated rings. The predicted octanol–water partition coefficient (Wildman–Crippen LogP) is 1.85. The summed E-state index contributed by atoms with van der Waals surface area (Å²) in [6.45, 7) is 2.26. The molecule has 1 aromatic rings. The molecule has 0 aromatic carbocycles. The summed E-state index contributed by atoms with van der Waals surface area (Å²) in [4.78, 5) is 4.27. The van der Waals surface area contributed by atoms with E-state index in [4.69, 9.17) is 0 Å². The third-order valence-electron chi connectivity index (χ3n) is 1.57. The van der Waals surface area contributed by atoms with E-state index in [1.54, 1.807) is 0 Å². The maximum atomic E-state index is 4.27. The van der Waals surface area contributed by atoms with E-state index in [0.717, 1.165) is 12.3 Å². The molecule has 0 aliphatic carbocycles. The second-order valence-corrected chi connectivity index (χ2v) is 3.75. The van der Waals surface area contributed by atoms with Crippen molar-refractivity contribution in [3.63, 3.8) is 0 Å². The van der Waals surface area contributed by atoms with Crippen LogP contribution < -0.4 is 0 Å². The molecule has 1 unspecified atom stereocenters. The molecule has 2 heteroatoms. The molecular weight excluding hydrogens is 250 g/mol. The Morgan fingerprint density at radius 1 is 1.55 bits per heavy atom. The number of rotatable bonds is 3. The molecule has 11 heavy (non-hydrogen) atoms. The van der Waals surface area contributed by atoms with Crippen LogP contribution in [0.2, 0.25) is 4.47 Å². The fraction of sp³-hybridized carbons (Fsp3) is 0.444. The van der Waals surface area contributed by atoms with Crippen LogP contribution >= 0.6 is 0 Å². The molecule has 0 saturated carbocycles. The van der Waals surface area contributed by atoms with E-state index in [-0.39, 0.29) is 0 Å². The summed E-state index contributed by atoms with van der Waals surface area (Å²) < 4.78 is 1.24. The van der Waals surface area contributed by atoms with E-state index in [0.29, 0.717) is 0 Å². The fourth-order valence-electron chi connectivity index (χ4n) is 0.935. The molecule has 1 nitrogen and oxygen atoms in total. The molecule has 1 atom stereocenters. The first kappa shape index (κ1) is 9.03. The second kappa shape index (κ2) is 4.74. The molecule has 0 saturated heterocycles. The van der Waals surface area contributed by atoms with Crippen molar-refractivity contribution in [2.24, 2.45) is 5.92 Å². The van der Waals surface area contributed by atoms with Gasteiger partial charge >= 0.3 is 81.1 Å². The third-order valence-corrected chi connectivity index (χ3v) is 3.19. The average molecular weight is 262 g/mol. The molecule has 0 aliphatic heterocycles. The maximum absolute atomic E-state index is 4.27. The Bertz CT molecular complexity index is 198. The number of hydrogen-bond acceptors (Lipinski definition) is 1. The van der Waals surface area contributed by atoms with Gasteiger partial charge in [0.25, 0.3) is 0 Å². The fourth-order valence-corrected chi connectivity index (χ4v) is 1.27. The van der Waals surface area contributed by atoms with E-state index in [1.165, 1.54) is 10.2 Å². The van der Waals surface area contributed by atoms with Gasteiger partial charge < -0.3 is 0 Å². The zero-order chi connectivity index (χ0) is 8.10. The third kappa shape index (κ3) is 3.22. The van der Waals surface area contributed by atoms with Crippen LogP contribution in [0.15, 0.2) is 24.4 Å². The number of pyridine rings is 1. The number of nitrogens with zero attached hydrogens (tertiary/aromatic N) is 1. The van der Waals surface area contributed by atoms with Crippen LogP contribution in [0.1, 0.15) is 12.6 Å². The molecule has 1 aromatic heterocycles. The van der Waals surface area contributed by atoms with Crippen LogP contribution in [-0.2, 0) is 6.42 Å². The van der Waals surface area contributed by atoms with Crippen LogP contribution in [0.4, 0.5) is 0 Å². The normalized spacial score (nSPS) is 12.9. The molecule has 1 heterocycles. The van der Waals surface area contributed by atoms with Gasteiger partial charge in [-0.05, 0) is 0 Å². The molecular formula is C9H12NTe. The van der Waals surface area contributed by atoms with Crippen molar-refractivity contribution in [3.8, 4) is 0 Å². The molecule has 0 amide bonds. The van der Waals surface area contributed by atoms with Gasteiger partial charge in [0.05, 0.1) is 0 Å². The number of aromatic nitrogens is 1. The Balaban J connectivity index is 2.51. The summed E-state index contributed by atoms with van der Waals surface area (Å²) in [5.41, 5.74) is 1.21. The molecule has 1 rings (SSSR count). The van der Waals surface area contributed by atoms with Gasteiger partial charge in [-0.1, -0.05) is 0 Å². The zero-order valence-corrected chi connectivity index (χ0v) is 8.99. The van der Waals surface area contributed by atoms with E-state index in [2.05, 4.69) is 40.3 Å². The Kier molecular flexibility index (Phi) is 3.90. The van der Waals surface area contributed by atoms with Gasteiger partial charge in [0.2, 0.25) is 0 Å². The van der Waals surface area contributed by atoms with Crippen molar-refractivity contribution in [2.45, 2.75) is 17.8 Å². The molecule has 59 valence electrons. The topological polar surface area (TPSA) is 12.9 Å². The Morgan fingerprint density at radius 3 is 2.91 bits per heavy atom. The van der Waals surface area contributed by atoms with E-state index >= 15 is 0 Å². The van der Waals surface area contributed by atoms with Crippen LogP contribution in [-0.4, -0.2) is 27.3 Å². The van der Waals surface area contributed by atoms with Gasteiger partial charge in [0.15, 0.2) is 0 Å². The summed E-state index contributed by atoms with van der Waals surface area (Å²) in [6, 6.07) is 6.10. The zero-order valence-electron chi connectivity index (χ0n) is 6.66. The first-order chi connectivity index (χ1) is 5.33. The number of hydrogen-bond donors (Lipinski definition) is 0. The van der Waals surface area contributed by atoms with Crippen molar-refractivity contribution in [3.05, 3.63) is 30.1 Å². The molecule has 1 radical (unpaired) electrons. The van der Waals surface area contributed by atoms with Crippen molar-refractivity contribution < 1.29 is 0 Å². The summed E-state index contributed by atoms with van der Waals surface area (Å²) in [7, 11) is 0. The van der Waals surface area contributed by atoms with Crippen LogP contribution in [0.25, 0.3) is 0 Å². The Hall–Kier alpha value is -0.0604. The van der Waals surface area contributed by atoms with Gasteiger partial charge in [-0.15, -0.1) is 0 Å². The summed E-state index contributed by atoms with van der Waals surface area (Å²) in [5.74, 6) is 0.759. The summed E-state index contributed by atoms with van der Waals surface area (Å²) in [5, 5.41) is 0. The Morgan fingerprint density at radius 2 is 2.36 bits per heavy atom. The molecule has 0 bridgehead atoms. The molecule has 0 spiro atoms. The quantitative estimate of drug-likeness (QED) is 0.757. The van der Waals surface area contributed by atoms with Crippen molar-refractivity contribution in [2.75, 3.05) is 0 Å². The second-order valence-electron chi connectivity index (χ2n) is 2.80. The van der Waals surface area contributed by atoms with Crippen molar-refractivity contribution >= 4 is 22.3 Å². The molecule has 0 N–H and O–H groups in total. The van der Waals surface area contributed by atoms with Gasteiger partial charge in [0, 0.05) is 0 Å². The van der Waals surface area contributed by atoms with E-state index in [1.807, 2.05) is 18.3 Å². The predicted molar refractivity (Wildman–Crippen MR) is 47.7 cm³/mol.